The average Bonchev–Trinajstić information content (AvgIpc) is 1.32. The van der Waals surface area contributed by atoms with Crippen molar-refractivity contribution in [3.63, 3.8) is 0 Å². The largest absolute Gasteiger partial charge is 0.349 e. The second kappa shape index (κ2) is 35.8. The summed E-state index contributed by atoms with van der Waals surface area (Å²) in [7, 11) is 0. The molecule has 3 amide bonds. The lowest BCUT2D eigenvalue weighted by Gasteiger charge is -2.40. The van der Waals surface area contributed by atoms with Gasteiger partial charge < -0.3 is 29.7 Å². The second-order valence-corrected chi connectivity index (χ2v) is 32.6. The van der Waals surface area contributed by atoms with Gasteiger partial charge in [-0.05, 0) is 172 Å². The highest BCUT2D eigenvalue weighted by Gasteiger charge is 2.48. The minimum absolute atomic E-state index is 0.0653. The van der Waals surface area contributed by atoms with Crippen LogP contribution in [0.15, 0.2) is 91.0 Å². The molecular formula is C87H123F6N15O3. The number of fused-ring (bicyclic) bond motifs is 6. The monoisotopic (exact) mass is 1560 g/mol. The van der Waals surface area contributed by atoms with Crippen molar-refractivity contribution < 1.29 is 68.1 Å². The molecule has 3 aliphatic carbocycles. The fourth-order valence-corrected chi connectivity index (χ4v) is 18.5. The maximum atomic E-state index is 15.0. The van der Waals surface area contributed by atoms with Crippen LogP contribution in [-0.4, -0.2) is 150 Å². The second-order valence-electron chi connectivity index (χ2n) is 32.6. The van der Waals surface area contributed by atoms with E-state index in [1.165, 1.54) is 0 Å². The number of aryl methyl sites for hydroxylation is 3. The number of amides is 3. The number of carbonyl (C=O) groups excluding carboxylic acids is 3. The van der Waals surface area contributed by atoms with E-state index >= 15 is 0 Å². The summed E-state index contributed by atoms with van der Waals surface area (Å²) < 4.78 is 260. The third-order valence-corrected chi connectivity index (χ3v) is 23.9. The third kappa shape index (κ3) is 19.8. The molecule has 24 heteroatoms. The van der Waals surface area contributed by atoms with Gasteiger partial charge in [0.15, 0.2) is 0 Å². The van der Waals surface area contributed by atoms with E-state index in [1.54, 1.807) is 65.6 Å². The summed E-state index contributed by atoms with van der Waals surface area (Å²) in [6, 6.07) is 24.8. The number of carbonyl (C=O) groups is 3. The molecule has 0 radical (unpaired) electrons. The van der Waals surface area contributed by atoms with E-state index in [0.29, 0.717) is 36.9 Å². The van der Waals surface area contributed by atoms with Crippen molar-refractivity contribution in [1.82, 2.24) is 74.9 Å². The van der Waals surface area contributed by atoms with Crippen molar-refractivity contribution in [1.29, 1.82) is 0 Å². The lowest BCUT2D eigenvalue weighted by molar-refractivity contribution is -0.131. The molecule has 3 saturated carbocycles. The molecule has 3 N–H and O–H groups in total. The molecule has 9 heterocycles. The zero-order chi connectivity index (χ0) is 96.4. The van der Waals surface area contributed by atoms with E-state index in [2.05, 4.69) is 97.7 Å². The highest BCUT2D eigenvalue weighted by molar-refractivity contribution is 5.80. The Morgan fingerprint density at radius 1 is 0.396 bits per heavy atom. The predicted molar refractivity (Wildman–Crippen MR) is 418 cm³/mol. The van der Waals surface area contributed by atoms with Crippen molar-refractivity contribution in [3.8, 4) is 0 Å². The number of rotatable bonds is 24. The van der Waals surface area contributed by atoms with Crippen molar-refractivity contribution in [2.24, 2.45) is 17.8 Å². The van der Waals surface area contributed by atoms with Crippen LogP contribution < -0.4 is 16.0 Å². The van der Waals surface area contributed by atoms with E-state index in [0.717, 1.165) is 105 Å². The zero-order valence-corrected chi connectivity index (χ0v) is 65.1. The van der Waals surface area contributed by atoms with E-state index in [9.17, 15) is 46.2 Å². The molecule has 606 valence electrons. The van der Waals surface area contributed by atoms with Crippen molar-refractivity contribution >= 4 is 17.7 Å². The van der Waals surface area contributed by atoms with Crippen LogP contribution in [0.1, 0.15) is 348 Å². The first-order valence-corrected chi connectivity index (χ1v) is 40.0. The lowest BCUT2D eigenvalue weighted by Crippen LogP contribution is -2.45. The molecule has 9 aliphatic rings. The van der Waals surface area contributed by atoms with Gasteiger partial charge in [0, 0.05) is 175 Å². The van der Waals surface area contributed by atoms with Gasteiger partial charge in [-0.3, -0.25) is 29.1 Å². The summed E-state index contributed by atoms with van der Waals surface area (Å²) in [5.74, 6) is -15.9. The molecule has 0 spiro atoms. The topological polar surface area (TPSA) is 189 Å². The van der Waals surface area contributed by atoms with Crippen LogP contribution in [0.25, 0.3) is 0 Å². The van der Waals surface area contributed by atoms with E-state index in [4.69, 9.17) is 21.9 Å². The van der Waals surface area contributed by atoms with Gasteiger partial charge >= 0.3 is 0 Å². The summed E-state index contributed by atoms with van der Waals surface area (Å²) in [6.45, 7) is 15.2. The quantitative estimate of drug-likeness (QED) is 0.0487. The van der Waals surface area contributed by atoms with Crippen LogP contribution >= 0.6 is 0 Å². The summed E-state index contributed by atoms with van der Waals surface area (Å²) in [5.41, 5.74) is 1.84. The molecule has 6 aromatic rings. The van der Waals surface area contributed by atoms with E-state index in [-0.39, 0.29) is 117 Å². The van der Waals surface area contributed by atoms with Crippen LogP contribution in [0.4, 0.5) is 26.3 Å². The molecule has 15 rings (SSSR count). The SMILES string of the molecule is [2H]C([2H])(CC(NC(=O)C1C([2H])([2H])C([2H])([2H])C(F)(F)C([2H])([2H])C1([2H])[2H])c1ccccc1)N1C2CCC1CC(n1c(C)nnc1C(C)C)C2.[2H]C([2H])(CC(NC(=O)C1CCC(F)(F)CC1)c1ccccc1)N1C2CCC1CC(n1c(C)nnc1C(C)C)C2.[2H]C1([2H])C(C(=O)NC(CCN2C3CCC2CC(n2c(C)nnc2C(C)C)C3)c2ccccc2)C([2H])([2H])C([2H])([2H])C(F)(F)C1([2H])[2H]. The Balaban J connectivity index is 0.000000168. The first-order chi connectivity index (χ1) is 60.7. The number of aromatic nitrogens is 9. The molecule has 9 fully saturated rings. The number of nitrogens with one attached hydrogen (secondary N) is 3. The summed E-state index contributed by atoms with van der Waals surface area (Å²) >= 11 is 0. The summed E-state index contributed by atoms with van der Waals surface area (Å²) in [6.07, 6.45) is -22.0. The van der Waals surface area contributed by atoms with Crippen LogP contribution in [0.3, 0.4) is 0 Å². The summed E-state index contributed by atoms with van der Waals surface area (Å²) in [4.78, 5) is 46.9. The molecular weight excluding hydrogens is 1420 g/mol. The van der Waals surface area contributed by atoms with Crippen LogP contribution in [0.5, 0.6) is 0 Å². The number of halogens is 6. The number of alkyl halides is 6. The number of benzene rings is 3. The van der Waals surface area contributed by atoms with Crippen LogP contribution in [0.2, 0.25) is 0 Å². The molecule has 18 nitrogen and oxygen atoms in total. The summed E-state index contributed by atoms with van der Waals surface area (Å²) in [5, 5.41) is 34.2. The Labute approximate surface area is 682 Å². The molecule has 6 bridgehead atoms. The maximum absolute atomic E-state index is 15.0. The zero-order valence-electron chi connectivity index (χ0n) is 85.1. The standard InChI is InChI=1S/3C29H41F2N5O/c3*1-19(2)27-34-33-20(3)36(27)25-17-23-9-10-24(18-25)35(23)16-13-26(21-7-5-4-6-8-21)32-28(37)22-11-14-29(30,31)15-12-22/h3*4-8,19,22-26H,9-18H2,1-3H3,(H,32,37)/i11D2,12D2,14D2,15D2,16D2;11D2,12D2,14D2,15D2;16D2. The minimum atomic E-state index is -5.12. The molecule has 9 unspecified atom stereocenters. The Morgan fingerprint density at radius 3 is 0.973 bits per heavy atom. The fourth-order valence-electron chi connectivity index (χ4n) is 18.5. The number of nitrogens with zero attached hydrogens (tertiary/aromatic N) is 12. The number of piperidine rings is 3. The van der Waals surface area contributed by atoms with Gasteiger partial charge in [-0.2, -0.15) is 0 Å². The molecule has 3 aromatic carbocycles. The van der Waals surface area contributed by atoms with Crippen LogP contribution in [0, 0.1) is 38.5 Å². The normalized spacial score (nSPS) is 33.5. The first kappa shape index (κ1) is 59.6. The Bertz CT molecular complexity index is 4910. The van der Waals surface area contributed by atoms with Crippen molar-refractivity contribution in [2.75, 3.05) is 19.5 Å². The van der Waals surface area contributed by atoms with Crippen molar-refractivity contribution in [3.05, 3.63) is 143 Å². The Morgan fingerprint density at radius 2 is 0.676 bits per heavy atom. The van der Waals surface area contributed by atoms with Gasteiger partial charge in [0.1, 0.15) is 34.9 Å². The smallest absolute Gasteiger partial charge is 0.248 e. The third-order valence-electron chi connectivity index (χ3n) is 23.9. The molecule has 6 aliphatic heterocycles. The van der Waals surface area contributed by atoms with E-state index in [1.807, 2.05) is 65.0 Å². The highest BCUT2D eigenvalue weighted by Crippen LogP contribution is 2.48. The number of hydrogen-bond donors (Lipinski definition) is 3. The lowest BCUT2D eigenvalue weighted by atomic mass is 9.86. The minimum Gasteiger partial charge on any atom is -0.349 e. The van der Waals surface area contributed by atoms with Gasteiger partial charge in [-0.1, -0.05) is 133 Å². The molecule has 9 atom stereocenters. The Hall–Kier alpha value is -7.05. The predicted octanol–water partition coefficient (Wildman–Crippen LogP) is 17.9. The van der Waals surface area contributed by atoms with Gasteiger partial charge in [0.25, 0.3) is 0 Å². The average molecular weight is 1560 g/mol. The van der Waals surface area contributed by atoms with E-state index < -0.39 is 129 Å². The van der Waals surface area contributed by atoms with Gasteiger partial charge in [-0.15, -0.1) is 30.6 Å². The molecule has 6 saturated heterocycles. The highest BCUT2D eigenvalue weighted by atomic mass is 19.3. The van der Waals surface area contributed by atoms with Gasteiger partial charge in [-0.25, -0.2) is 26.3 Å². The maximum Gasteiger partial charge on any atom is 0.248 e. The molecule has 111 heavy (non-hydrogen) atoms. The van der Waals surface area contributed by atoms with Crippen molar-refractivity contribution in [2.45, 2.75) is 343 Å². The van der Waals surface area contributed by atoms with Gasteiger partial charge in [0.2, 0.25) is 35.5 Å². The molecule has 3 aromatic heterocycles. The number of hydrogen-bond acceptors (Lipinski definition) is 12. The van der Waals surface area contributed by atoms with Gasteiger partial charge in [0.05, 0.1) is 18.1 Å². The first-order valence-electron chi connectivity index (χ1n) is 50.0. The fraction of sp³-hybridized carbons (Fsp3) is 0.690. The van der Waals surface area contributed by atoms with Crippen LogP contribution in [-0.2, 0) is 14.4 Å². The Kier molecular flexibility index (Phi) is 19.2.